The van der Waals surface area contributed by atoms with Gasteiger partial charge in [-0.25, -0.2) is 9.78 Å². The first-order valence-electron chi connectivity index (χ1n) is 5.44. The van der Waals surface area contributed by atoms with Gasteiger partial charge in [0.25, 0.3) is 5.69 Å². The lowest BCUT2D eigenvalue weighted by molar-refractivity contribution is -0.385. The average molecular weight is 275 g/mol. The molecular formula is C12H9N3O5. The van der Waals surface area contributed by atoms with E-state index >= 15 is 0 Å². The van der Waals surface area contributed by atoms with Gasteiger partial charge in [-0.1, -0.05) is 0 Å². The number of pyridine rings is 2. The first-order chi connectivity index (χ1) is 9.47. The molecule has 8 nitrogen and oxygen atoms in total. The minimum atomic E-state index is -1.13. The fourth-order valence-electron chi connectivity index (χ4n) is 1.48. The maximum Gasteiger partial charge on any atom is 0.337 e. The number of carboxylic acid groups (broad SMARTS) is 1. The van der Waals surface area contributed by atoms with Crippen molar-refractivity contribution in [1.29, 1.82) is 0 Å². The van der Waals surface area contributed by atoms with Gasteiger partial charge >= 0.3 is 5.97 Å². The number of carboxylic acids is 1. The van der Waals surface area contributed by atoms with Crippen molar-refractivity contribution in [2.75, 3.05) is 0 Å². The molecule has 0 saturated carbocycles. The topological polar surface area (TPSA) is 115 Å². The molecule has 2 aromatic heterocycles. The van der Waals surface area contributed by atoms with Crippen LogP contribution in [-0.4, -0.2) is 26.0 Å². The molecule has 0 fully saturated rings. The molecule has 8 heteroatoms. The smallest absolute Gasteiger partial charge is 0.337 e. The van der Waals surface area contributed by atoms with E-state index < -0.39 is 10.9 Å². The Hall–Kier alpha value is -3.03. The van der Waals surface area contributed by atoms with E-state index in [0.29, 0.717) is 5.56 Å². The van der Waals surface area contributed by atoms with Gasteiger partial charge < -0.3 is 9.84 Å². The number of nitro groups is 1. The average Bonchev–Trinajstić information content (AvgIpc) is 2.38. The van der Waals surface area contributed by atoms with Gasteiger partial charge in [-0.2, -0.15) is 0 Å². The molecule has 0 amide bonds. The van der Waals surface area contributed by atoms with Crippen LogP contribution in [-0.2, 0) is 0 Å². The van der Waals surface area contributed by atoms with Gasteiger partial charge in [-0.05, 0) is 13.0 Å². The fraction of sp³-hybridized carbons (Fsp3) is 0.0833. The molecule has 20 heavy (non-hydrogen) atoms. The van der Waals surface area contributed by atoms with Crippen LogP contribution in [0.25, 0.3) is 0 Å². The van der Waals surface area contributed by atoms with Crippen LogP contribution in [0.3, 0.4) is 0 Å². The van der Waals surface area contributed by atoms with E-state index in [-0.39, 0.29) is 22.9 Å². The van der Waals surface area contributed by atoms with E-state index in [4.69, 9.17) is 9.84 Å². The molecule has 2 aromatic rings. The number of hydrogen-bond donors (Lipinski definition) is 1. The van der Waals surface area contributed by atoms with Crippen molar-refractivity contribution < 1.29 is 19.6 Å². The van der Waals surface area contributed by atoms with Gasteiger partial charge in [0.05, 0.1) is 16.7 Å². The van der Waals surface area contributed by atoms with Crippen LogP contribution in [0.4, 0.5) is 5.69 Å². The minimum Gasteiger partial charge on any atom is -0.478 e. The molecular weight excluding hydrogens is 266 g/mol. The summed E-state index contributed by atoms with van der Waals surface area (Å²) in [6.07, 6.45) is 3.59. The predicted molar refractivity (Wildman–Crippen MR) is 66.9 cm³/mol. The lowest BCUT2D eigenvalue weighted by Crippen LogP contribution is -1.99. The second-order valence-corrected chi connectivity index (χ2v) is 3.88. The summed E-state index contributed by atoms with van der Waals surface area (Å²) in [6, 6.07) is 2.68. The van der Waals surface area contributed by atoms with E-state index in [0.717, 1.165) is 6.20 Å². The van der Waals surface area contributed by atoms with Crippen LogP contribution in [0.2, 0.25) is 0 Å². The van der Waals surface area contributed by atoms with Crippen LogP contribution in [0.5, 0.6) is 11.6 Å². The number of hydrogen-bond acceptors (Lipinski definition) is 6. The summed E-state index contributed by atoms with van der Waals surface area (Å²) in [6.45, 7) is 1.55. The molecule has 102 valence electrons. The van der Waals surface area contributed by atoms with Crippen LogP contribution in [0.15, 0.2) is 30.7 Å². The Bertz CT molecular complexity index is 687. The highest BCUT2D eigenvalue weighted by molar-refractivity contribution is 5.87. The number of aryl methyl sites for hydroxylation is 1. The molecule has 0 aliphatic heterocycles. The first kappa shape index (κ1) is 13.4. The molecule has 2 heterocycles. The molecule has 0 atom stereocenters. The number of rotatable bonds is 4. The highest BCUT2D eigenvalue weighted by Crippen LogP contribution is 2.24. The zero-order chi connectivity index (χ0) is 14.7. The van der Waals surface area contributed by atoms with Crippen molar-refractivity contribution in [1.82, 2.24) is 9.97 Å². The standard InChI is InChI=1S/C12H9N3O5/c1-7-2-11(14-6-10(7)15(18)19)20-9-3-8(12(16)17)4-13-5-9/h2-6H,1H3,(H,16,17). The monoisotopic (exact) mass is 275 g/mol. The van der Waals surface area contributed by atoms with Crippen molar-refractivity contribution in [2.45, 2.75) is 6.92 Å². The maximum absolute atomic E-state index is 10.8. The van der Waals surface area contributed by atoms with Crippen molar-refractivity contribution in [3.63, 3.8) is 0 Å². The van der Waals surface area contributed by atoms with Crippen LogP contribution >= 0.6 is 0 Å². The van der Waals surface area contributed by atoms with Crippen molar-refractivity contribution in [3.05, 3.63) is 52.0 Å². The third-order valence-corrected chi connectivity index (χ3v) is 2.44. The largest absolute Gasteiger partial charge is 0.478 e. The molecule has 0 unspecified atom stereocenters. The van der Waals surface area contributed by atoms with Crippen molar-refractivity contribution in [3.8, 4) is 11.6 Å². The fourth-order valence-corrected chi connectivity index (χ4v) is 1.48. The Labute approximate surface area is 112 Å². The number of nitrogens with zero attached hydrogens (tertiary/aromatic N) is 3. The van der Waals surface area contributed by atoms with Crippen molar-refractivity contribution >= 4 is 11.7 Å². The van der Waals surface area contributed by atoms with E-state index in [9.17, 15) is 14.9 Å². The van der Waals surface area contributed by atoms with Crippen LogP contribution in [0.1, 0.15) is 15.9 Å². The molecule has 0 aliphatic rings. The molecule has 0 aliphatic carbocycles. The second-order valence-electron chi connectivity index (χ2n) is 3.88. The van der Waals surface area contributed by atoms with E-state index in [1.54, 1.807) is 6.92 Å². The lowest BCUT2D eigenvalue weighted by atomic mass is 10.2. The molecule has 0 saturated heterocycles. The predicted octanol–water partition coefficient (Wildman–Crippen LogP) is 2.18. The zero-order valence-corrected chi connectivity index (χ0v) is 10.3. The molecule has 0 bridgehead atoms. The van der Waals surface area contributed by atoms with Crippen LogP contribution < -0.4 is 4.74 Å². The van der Waals surface area contributed by atoms with Gasteiger partial charge in [-0.3, -0.25) is 15.1 Å². The number of aromatic nitrogens is 2. The van der Waals surface area contributed by atoms with Gasteiger partial charge in [0.2, 0.25) is 5.88 Å². The van der Waals surface area contributed by atoms with Gasteiger partial charge in [0.15, 0.2) is 0 Å². The lowest BCUT2D eigenvalue weighted by Gasteiger charge is -2.05. The summed E-state index contributed by atoms with van der Waals surface area (Å²) in [4.78, 5) is 28.4. The Morgan fingerprint density at radius 1 is 1.35 bits per heavy atom. The Morgan fingerprint density at radius 2 is 2.10 bits per heavy atom. The second kappa shape index (κ2) is 5.31. The zero-order valence-electron chi connectivity index (χ0n) is 10.3. The molecule has 1 N–H and O–H groups in total. The Kier molecular flexibility index (Phi) is 3.56. The van der Waals surface area contributed by atoms with Crippen molar-refractivity contribution in [2.24, 2.45) is 0 Å². The van der Waals surface area contributed by atoms with Gasteiger partial charge in [0, 0.05) is 17.8 Å². The van der Waals surface area contributed by atoms with E-state index in [2.05, 4.69) is 9.97 Å². The summed E-state index contributed by atoms with van der Waals surface area (Å²) >= 11 is 0. The van der Waals surface area contributed by atoms with E-state index in [1.165, 1.54) is 24.5 Å². The summed E-state index contributed by atoms with van der Waals surface area (Å²) < 4.78 is 5.33. The maximum atomic E-state index is 10.8. The highest BCUT2D eigenvalue weighted by Gasteiger charge is 2.13. The van der Waals surface area contributed by atoms with Gasteiger partial charge in [-0.15, -0.1) is 0 Å². The molecule has 0 aromatic carbocycles. The summed E-state index contributed by atoms with van der Waals surface area (Å²) in [5.74, 6) is -0.820. The SMILES string of the molecule is Cc1cc(Oc2cncc(C(=O)O)c2)ncc1[N+](=O)[O-]. The number of carbonyl (C=O) groups is 1. The molecule has 0 spiro atoms. The Morgan fingerprint density at radius 3 is 2.70 bits per heavy atom. The third kappa shape index (κ3) is 2.86. The van der Waals surface area contributed by atoms with Gasteiger partial charge in [0.1, 0.15) is 11.9 Å². The van der Waals surface area contributed by atoms with Crippen LogP contribution in [0, 0.1) is 17.0 Å². The summed E-state index contributed by atoms with van der Waals surface area (Å²) in [5, 5.41) is 19.5. The van der Waals surface area contributed by atoms with E-state index in [1.807, 2.05) is 0 Å². The molecule has 0 radical (unpaired) electrons. The summed E-state index contributed by atoms with van der Waals surface area (Å²) in [5.41, 5.74) is 0.248. The summed E-state index contributed by atoms with van der Waals surface area (Å²) in [7, 11) is 0. The minimum absolute atomic E-state index is 0.0267. The quantitative estimate of drug-likeness (QED) is 0.671. The number of ether oxygens (including phenoxy) is 1. The number of aromatic carboxylic acids is 1. The Balaban J connectivity index is 2.26. The highest BCUT2D eigenvalue weighted by atomic mass is 16.6. The normalized spacial score (nSPS) is 10.1. The third-order valence-electron chi connectivity index (χ3n) is 2.44. The molecule has 2 rings (SSSR count). The first-order valence-corrected chi connectivity index (χ1v) is 5.44.